The molecule has 3 rings (SSSR count). The van der Waals surface area contributed by atoms with Crippen LogP contribution in [-0.2, 0) is 0 Å². The Morgan fingerprint density at radius 3 is 2.68 bits per heavy atom. The number of carboxylic acid groups (broad SMARTS) is 1. The molecule has 3 N–H and O–H groups in total. The average molecular weight is 358 g/mol. The first-order valence-electron chi connectivity index (χ1n) is 6.76. The van der Waals surface area contributed by atoms with Gasteiger partial charge in [-0.1, -0.05) is 28.1 Å². The molecule has 1 aromatic heterocycles. The van der Waals surface area contributed by atoms with Crippen LogP contribution in [0.4, 0.5) is 11.4 Å². The second kappa shape index (κ2) is 5.77. The molecule has 22 heavy (non-hydrogen) atoms. The number of para-hydroxylation sites is 1. The maximum atomic E-state index is 11.3. The molecular weight excluding hydrogens is 344 g/mol. The Labute approximate surface area is 135 Å². The summed E-state index contributed by atoms with van der Waals surface area (Å²) in [5.41, 5.74) is 3.66. The molecule has 0 radical (unpaired) electrons. The zero-order chi connectivity index (χ0) is 15.7. The first kappa shape index (κ1) is 14.5. The van der Waals surface area contributed by atoms with Crippen molar-refractivity contribution in [3.8, 4) is 0 Å². The van der Waals surface area contributed by atoms with Crippen molar-refractivity contribution in [3.05, 3.63) is 64.3 Å². The number of aryl methyl sites for hydroxylation is 1. The topological polar surface area (TPSA) is 63.5 Å². The number of aromatic nitrogens is 1. The Bertz CT molecular complexity index is 878. The van der Waals surface area contributed by atoms with E-state index in [2.05, 4.69) is 26.2 Å². The lowest BCUT2D eigenvalue weighted by Gasteiger charge is -2.11. The number of anilines is 2. The lowest BCUT2D eigenvalue weighted by molar-refractivity contribution is -0.354. The number of hydrogen-bond donors (Lipinski definition) is 2. The molecule has 0 saturated heterocycles. The van der Waals surface area contributed by atoms with Crippen molar-refractivity contribution in [1.29, 1.82) is 0 Å². The first-order valence-corrected chi connectivity index (χ1v) is 7.55. The molecule has 1 heterocycles. The number of pyridine rings is 1. The van der Waals surface area contributed by atoms with E-state index < -0.39 is 5.97 Å². The molecule has 0 saturated carbocycles. The molecule has 0 spiro atoms. The lowest BCUT2D eigenvalue weighted by Crippen LogP contribution is -2.10. The van der Waals surface area contributed by atoms with Gasteiger partial charge in [-0.25, -0.2) is 9.78 Å². The smallest absolute Gasteiger partial charge is 0.337 e. The molecule has 0 aliphatic carbocycles. The van der Waals surface area contributed by atoms with Crippen LogP contribution in [0.5, 0.6) is 0 Å². The number of aromatic amines is 1. The molecule has 110 valence electrons. The fourth-order valence-corrected chi connectivity index (χ4v) is 2.78. The van der Waals surface area contributed by atoms with Crippen LogP contribution in [0.2, 0.25) is 0 Å². The molecule has 0 unspecified atom stereocenters. The van der Waals surface area contributed by atoms with Gasteiger partial charge in [0.1, 0.15) is 0 Å². The van der Waals surface area contributed by atoms with E-state index in [-0.39, 0.29) is 5.56 Å². The third-order valence-corrected chi connectivity index (χ3v) is 3.88. The van der Waals surface area contributed by atoms with E-state index in [4.69, 9.17) is 0 Å². The Balaban J connectivity index is 2.15. The summed E-state index contributed by atoms with van der Waals surface area (Å²) < 4.78 is 0.965. The van der Waals surface area contributed by atoms with E-state index in [1.165, 1.54) is 0 Å². The number of halogens is 1. The van der Waals surface area contributed by atoms with Crippen LogP contribution in [0.25, 0.3) is 10.9 Å². The molecule has 0 fully saturated rings. The fraction of sp³-hybridized carbons (Fsp3) is 0.0588. The third kappa shape index (κ3) is 2.80. The first-order chi connectivity index (χ1) is 10.5. The Morgan fingerprint density at radius 1 is 1.14 bits per heavy atom. The summed E-state index contributed by atoms with van der Waals surface area (Å²) in [5.74, 6) is -0.951. The summed E-state index contributed by atoms with van der Waals surface area (Å²) in [5, 5.41) is 13.5. The zero-order valence-electron chi connectivity index (χ0n) is 11.9. The average Bonchev–Trinajstić information content (AvgIpc) is 2.48. The van der Waals surface area contributed by atoms with E-state index in [9.17, 15) is 9.90 Å². The van der Waals surface area contributed by atoms with Crippen molar-refractivity contribution in [2.24, 2.45) is 0 Å². The molecular formula is C17H14BrN2O2+. The van der Waals surface area contributed by atoms with Gasteiger partial charge in [0.25, 0.3) is 0 Å². The van der Waals surface area contributed by atoms with Crippen molar-refractivity contribution >= 4 is 44.2 Å². The van der Waals surface area contributed by atoms with Crippen LogP contribution in [-0.4, -0.2) is 11.1 Å². The Morgan fingerprint density at radius 2 is 1.91 bits per heavy atom. The quantitative estimate of drug-likeness (QED) is 0.739. The maximum Gasteiger partial charge on any atom is 0.337 e. The molecule has 2 aromatic carbocycles. The molecule has 3 aromatic rings. The minimum atomic E-state index is -0.951. The molecule has 0 bridgehead atoms. The number of H-pyrrole nitrogens is 1. The van der Waals surface area contributed by atoms with Crippen molar-refractivity contribution in [2.45, 2.75) is 6.92 Å². The Hall–Kier alpha value is -2.40. The number of benzene rings is 2. The third-order valence-electron chi connectivity index (χ3n) is 3.39. The van der Waals surface area contributed by atoms with Crippen LogP contribution in [0, 0.1) is 6.92 Å². The predicted molar refractivity (Wildman–Crippen MR) is 89.6 cm³/mol. The van der Waals surface area contributed by atoms with E-state index in [1.54, 1.807) is 18.2 Å². The minimum absolute atomic E-state index is 0.246. The molecule has 0 aliphatic heterocycles. The van der Waals surface area contributed by atoms with Gasteiger partial charge in [0.2, 0.25) is 5.52 Å². The monoisotopic (exact) mass is 357 g/mol. The normalized spacial score (nSPS) is 10.6. The zero-order valence-corrected chi connectivity index (χ0v) is 13.4. The molecule has 0 amide bonds. The van der Waals surface area contributed by atoms with Crippen molar-refractivity contribution in [2.75, 3.05) is 5.32 Å². The van der Waals surface area contributed by atoms with E-state index >= 15 is 0 Å². The van der Waals surface area contributed by atoms with Gasteiger partial charge in [-0.15, -0.1) is 0 Å². The molecule has 0 atom stereocenters. The van der Waals surface area contributed by atoms with Gasteiger partial charge >= 0.3 is 5.97 Å². The highest BCUT2D eigenvalue weighted by molar-refractivity contribution is 9.10. The van der Waals surface area contributed by atoms with Crippen LogP contribution in [0.15, 0.2) is 53.0 Å². The lowest BCUT2D eigenvalue weighted by atomic mass is 10.1. The highest BCUT2D eigenvalue weighted by Gasteiger charge is 2.13. The summed E-state index contributed by atoms with van der Waals surface area (Å²) in [6.07, 6.45) is 0. The summed E-state index contributed by atoms with van der Waals surface area (Å²) >= 11 is 3.47. The Kier molecular flexibility index (Phi) is 3.81. The fourth-order valence-electron chi connectivity index (χ4n) is 2.42. The van der Waals surface area contributed by atoms with Gasteiger partial charge in [0.05, 0.1) is 22.3 Å². The molecule has 5 heteroatoms. The summed E-state index contributed by atoms with van der Waals surface area (Å²) in [7, 11) is 0. The number of carbonyl (C=O) groups is 1. The van der Waals surface area contributed by atoms with Crippen molar-refractivity contribution in [3.63, 3.8) is 0 Å². The highest BCUT2D eigenvalue weighted by Crippen LogP contribution is 2.28. The number of carboxylic acids is 1. The number of fused-ring (bicyclic) bond motifs is 1. The molecule has 0 aliphatic rings. The number of aromatic carboxylic acids is 1. The van der Waals surface area contributed by atoms with Gasteiger partial charge in [-0.05, 0) is 24.3 Å². The number of hydrogen-bond acceptors (Lipinski definition) is 2. The summed E-state index contributed by atoms with van der Waals surface area (Å²) in [6.45, 7) is 1.97. The van der Waals surface area contributed by atoms with E-state index in [0.717, 1.165) is 26.8 Å². The second-order valence-corrected chi connectivity index (χ2v) is 5.95. The van der Waals surface area contributed by atoms with E-state index in [0.29, 0.717) is 5.69 Å². The largest absolute Gasteiger partial charge is 0.478 e. The van der Waals surface area contributed by atoms with Crippen molar-refractivity contribution < 1.29 is 14.9 Å². The maximum absolute atomic E-state index is 11.3. The summed E-state index contributed by atoms with van der Waals surface area (Å²) in [4.78, 5) is 14.6. The van der Waals surface area contributed by atoms with Crippen LogP contribution >= 0.6 is 15.9 Å². The highest BCUT2D eigenvalue weighted by atomic mass is 79.9. The molecule has 4 nitrogen and oxygen atoms in total. The van der Waals surface area contributed by atoms with Crippen LogP contribution < -0.4 is 10.3 Å². The van der Waals surface area contributed by atoms with Crippen molar-refractivity contribution in [1.82, 2.24) is 0 Å². The van der Waals surface area contributed by atoms with Crippen LogP contribution in [0.3, 0.4) is 0 Å². The van der Waals surface area contributed by atoms with Gasteiger partial charge in [0.15, 0.2) is 5.69 Å². The van der Waals surface area contributed by atoms with Gasteiger partial charge in [0, 0.05) is 23.5 Å². The van der Waals surface area contributed by atoms with Crippen LogP contribution in [0.1, 0.15) is 16.1 Å². The van der Waals surface area contributed by atoms with Gasteiger partial charge in [-0.2, -0.15) is 0 Å². The SMILES string of the molecule is Cc1cc(Nc2ccccc2C(=O)O)c2cc(Br)ccc2[nH+]1. The predicted octanol–water partition coefficient (Wildman–Crippen LogP) is 4.17. The number of rotatable bonds is 3. The van der Waals surface area contributed by atoms with Gasteiger partial charge in [-0.3, -0.25) is 0 Å². The second-order valence-electron chi connectivity index (χ2n) is 5.03. The van der Waals surface area contributed by atoms with Gasteiger partial charge < -0.3 is 10.4 Å². The standard InChI is InChI=1S/C17H13BrN2O2/c1-10-8-16(13-9-11(18)6-7-15(13)19-10)20-14-5-3-2-4-12(14)17(21)22/h2-9H,1H3,(H,19,20)(H,21,22)/p+1. The number of nitrogens with one attached hydrogen (secondary N) is 2. The summed E-state index contributed by atoms with van der Waals surface area (Å²) in [6, 6.07) is 14.8. The van der Waals surface area contributed by atoms with E-state index in [1.807, 2.05) is 37.3 Å². The minimum Gasteiger partial charge on any atom is -0.478 e.